The third-order valence-corrected chi connectivity index (χ3v) is 5.87. The maximum Gasteiger partial charge on any atom is 0.268 e. The first kappa shape index (κ1) is 17.1. The first-order valence-electron chi connectivity index (χ1n) is 8.28. The molecule has 2 aromatic carbocycles. The van der Waals surface area contributed by atoms with Crippen molar-refractivity contribution in [3.05, 3.63) is 79.0 Å². The smallest absolute Gasteiger partial charge is 0.268 e. The van der Waals surface area contributed by atoms with E-state index in [-0.39, 0.29) is 4.90 Å². The van der Waals surface area contributed by atoms with Gasteiger partial charge in [0.25, 0.3) is 10.0 Å². The summed E-state index contributed by atoms with van der Waals surface area (Å²) in [4.78, 5) is 4.75. The highest BCUT2D eigenvalue weighted by atomic mass is 32.2. The fourth-order valence-corrected chi connectivity index (χ4v) is 4.17. The zero-order valence-electron chi connectivity index (χ0n) is 14.5. The highest BCUT2D eigenvalue weighted by Crippen LogP contribution is 2.24. The van der Waals surface area contributed by atoms with Crippen LogP contribution in [0.4, 0.5) is 11.5 Å². The zero-order chi connectivity index (χ0) is 18.9. The molecular weight excluding hydrogens is 362 g/mol. The summed E-state index contributed by atoms with van der Waals surface area (Å²) in [5.41, 5.74) is 1.98. The standard InChI is InChI=1S/C20H17N3O3S/c1-26-16-9-7-15(8-10-16)21-20-12-11-19-18(22-20)13-14-23(19)27(24,25)17-5-3-2-4-6-17/h2-14H,1H3,(H,21,22). The van der Waals surface area contributed by atoms with Crippen LogP contribution >= 0.6 is 0 Å². The van der Waals surface area contributed by atoms with Gasteiger partial charge in [-0.1, -0.05) is 18.2 Å². The molecule has 0 saturated heterocycles. The molecule has 2 aromatic heterocycles. The van der Waals surface area contributed by atoms with Gasteiger partial charge in [-0.3, -0.25) is 0 Å². The topological polar surface area (TPSA) is 73.2 Å². The van der Waals surface area contributed by atoms with Crippen molar-refractivity contribution in [1.82, 2.24) is 8.96 Å². The summed E-state index contributed by atoms with van der Waals surface area (Å²) in [6.07, 6.45) is 1.52. The number of rotatable bonds is 5. The second kappa shape index (κ2) is 6.77. The molecule has 0 aliphatic rings. The Morgan fingerprint density at radius 2 is 1.67 bits per heavy atom. The number of nitrogens with zero attached hydrogens (tertiary/aromatic N) is 2. The molecule has 0 spiro atoms. The van der Waals surface area contributed by atoms with Crippen LogP contribution in [0.1, 0.15) is 0 Å². The normalized spacial score (nSPS) is 11.4. The van der Waals surface area contributed by atoms with Crippen molar-refractivity contribution in [2.75, 3.05) is 12.4 Å². The predicted octanol–water partition coefficient (Wildman–Crippen LogP) is 4.03. The van der Waals surface area contributed by atoms with Crippen molar-refractivity contribution >= 4 is 32.6 Å². The van der Waals surface area contributed by atoms with Gasteiger partial charge in [-0.15, -0.1) is 0 Å². The third kappa shape index (κ3) is 3.24. The number of pyridine rings is 1. The van der Waals surface area contributed by atoms with E-state index in [4.69, 9.17) is 4.74 Å². The largest absolute Gasteiger partial charge is 0.497 e. The second-order valence-electron chi connectivity index (χ2n) is 5.88. The summed E-state index contributed by atoms with van der Waals surface area (Å²) in [6.45, 7) is 0. The van der Waals surface area contributed by atoms with Crippen LogP contribution in [0, 0.1) is 0 Å². The number of fused-ring (bicyclic) bond motifs is 1. The number of hydrogen-bond acceptors (Lipinski definition) is 5. The number of aromatic nitrogens is 2. The van der Waals surface area contributed by atoms with E-state index < -0.39 is 10.0 Å². The number of nitrogens with one attached hydrogen (secondary N) is 1. The summed E-state index contributed by atoms with van der Waals surface area (Å²) in [6, 6.07) is 21.0. The van der Waals surface area contributed by atoms with Crippen LogP contribution in [0.2, 0.25) is 0 Å². The van der Waals surface area contributed by atoms with Gasteiger partial charge in [0.05, 0.1) is 23.0 Å². The number of benzene rings is 2. The fourth-order valence-electron chi connectivity index (χ4n) is 2.80. The van der Waals surface area contributed by atoms with Crippen LogP contribution in [-0.4, -0.2) is 24.5 Å². The van der Waals surface area contributed by atoms with E-state index in [1.807, 2.05) is 24.3 Å². The SMILES string of the molecule is COc1ccc(Nc2ccc3c(ccn3S(=O)(=O)c3ccccc3)n2)cc1. The molecule has 0 bridgehead atoms. The van der Waals surface area contributed by atoms with Gasteiger partial charge in [0.1, 0.15) is 11.6 Å². The molecule has 0 unspecified atom stereocenters. The van der Waals surface area contributed by atoms with E-state index in [1.165, 1.54) is 10.2 Å². The summed E-state index contributed by atoms with van der Waals surface area (Å²) < 4.78 is 32.1. The van der Waals surface area contributed by atoms with Crippen LogP contribution in [-0.2, 0) is 10.0 Å². The average Bonchev–Trinajstić information content (AvgIpc) is 3.13. The fraction of sp³-hybridized carbons (Fsp3) is 0.0500. The second-order valence-corrected chi connectivity index (χ2v) is 7.70. The first-order chi connectivity index (χ1) is 13.1. The Hall–Kier alpha value is -3.32. The van der Waals surface area contributed by atoms with Gasteiger partial charge in [-0.25, -0.2) is 17.4 Å². The summed E-state index contributed by atoms with van der Waals surface area (Å²) in [5.74, 6) is 1.40. The van der Waals surface area contributed by atoms with Crippen LogP contribution in [0.15, 0.2) is 83.9 Å². The zero-order valence-corrected chi connectivity index (χ0v) is 15.3. The Labute approximate surface area is 157 Å². The van der Waals surface area contributed by atoms with Crippen molar-refractivity contribution in [3.8, 4) is 5.75 Å². The molecule has 7 heteroatoms. The van der Waals surface area contributed by atoms with Crippen LogP contribution in [0.3, 0.4) is 0 Å². The number of methoxy groups -OCH3 is 1. The van der Waals surface area contributed by atoms with Crippen molar-refractivity contribution in [2.45, 2.75) is 4.90 Å². The van der Waals surface area contributed by atoms with Crippen LogP contribution < -0.4 is 10.1 Å². The van der Waals surface area contributed by atoms with Crippen molar-refractivity contribution in [3.63, 3.8) is 0 Å². The molecule has 0 fully saturated rings. The van der Waals surface area contributed by atoms with E-state index in [1.54, 1.807) is 55.6 Å². The molecule has 0 amide bonds. The lowest BCUT2D eigenvalue weighted by atomic mass is 10.3. The number of hydrogen-bond donors (Lipinski definition) is 1. The molecule has 0 saturated carbocycles. The number of anilines is 2. The highest BCUT2D eigenvalue weighted by molar-refractivity contribution is 7.90. The Morgan fingerprint density at radius 3 is 2.37 bits per heavy atom. The highest BCUT2D eigenvalue weighted by Gasteiger charge is 2.18. The molecule has 136 valence electrons. The maximum absolute atomic E-state index is 12.9. The van der Waals surface area contributed by atoms with Crippen molar-refractivity contribution < 1.29 is 13.2 Å². The Morgan fingerprint density at radius 1 is 0.926 bits per heavy atom. The Balaban J connectivity index is 1.67. The van der Waals surface area contributed by atoms with E-state index in [0.717, 1.165) is 11.4 Å². The van der Waals surface area contributed by atoms with Gasteiger partial charge < -0.3 is 10.1 Å². The van der Waals surface area contributed by atoms with Gasteiger partial charge in [-0.2, -0.15) is 0 Å². The molecular formula is C20H17N3O3S. The molecule has 0 aliphatic heterocycles. The average molecular weight is 379 g/mol. The van der Waals surface area contributed by atoms with E-state index in [9.17, 15) is 8.42 Å². The molecule has 6 nitrogen and oxygen atoms in total. The molecule has 0 aliphatic carbocycles. The van der Waals surface area contributed by atoms with Crippen LogP contribution in [0.5, 0.6) is 5.75 Å². The molecule has 27 heavy (non-hydrogen) atoms. The lowest BCUT2D eigenvalue weighted by Gasteiger charge is -2.09. The van der Waals surface area contributed by atoms with E-state index >= 15 is 0 Å². The predicted molar refractivity (Wildman–Crippen MR) is 105 cm³/mol. The summed E-state index contributed by atoms with van der Waals surface area (Å²) in [7, 11) is -2.04. The van der Waals surface area contributed by atoms with Crippen molar-refractivity contribution in [1.29, 1.82) is 0 Å². The van der Waals surface area contributed by atoms with E-state index in [0.29, 0.717) is 16.9 Å². The molecule has 0 atom stereocenters. The van der Waals surface area contributed by atoms with Crippen molar-refractivity contribution in [2.24, 2.45) is 0 Å². The lowest BCUT2D eigenvalue weighted by molar-refractivity contribution is 0.415. The molecule has 1 N–H and O–H groups in total. The monoisotopic (exact) mass is 379 g/mol. The van der Waals surface area contributed by atoms with Gasteiger partial charge in [0, 0.05) is 11.9 Å². The van der Waals surface area contributed by atoms with Gasteiger partial charge >= 0.3 is 0 Å². The summed E-state index contributed by atoms with van der Waals surface area (Å²) >= 11 is 0. The molecule has 2 heterocycles. The minimum atomic E-state index is -3.66. The molecule has 4 aromatic rings. The minimum Gasteiger partial charge on any atom is -0.497 e. The molecule has 0 radical (unpaired) electrons. The van der Waals surface area contributed by atoms with Gasteiger partial charge in [0.15, 0.2) is 0 Å². The first-order valence-corrected chi connectivity index (χ1v) is 9.72. The minimum absolute atomic E-state index is 0.239. The van der Waals surface area contributed by atoms with Crippen LogP contribution in [0.25, 0.3) is 11.0 Å². The maximum atomic E-state index is 12.9. The van der Waals surface area contributed by atoms with Gasteiger partial charge in [0.2, 0.25) is 0 Å². The van der Waals surface area contributed by atoms with Gasteiger partial charge in [-0.05, 0) is 54.6 Å². The van der Waals surface area contributed by atoms with E-state index in [2.05, 4.69) is 10.3 Å². The lowest BCUT2D eigenvalue weighted by Crippen LogP contribution is -2.11. The Kier molecular flexibility index (Phi) is 4.29. The quantitative estimate of drug-likeness (QED) is 0.567. The Bertz CT molecular complexity index is 1180. The summed E-state index contributed by atoms with van der Waals surface area (Å²) in [5, 5.41) is 3.20. The third-order valence-electron chi connectivity index (χ3n) is 4.17. The molecule has 4 rings (SSSR count). The number of ether oxygens (including phenoxy) is 1.